The van der Waals surface area contributed by atoms with Gasteiger partial charge in [-0.1, -0.05) is 31.9 Å². The number of aromatic nitrogens is 2. The number of unbranched alkanes of at least 4 members (excludes halogenated alkanes) is 2. The molecule has 0 fully saturated rings. The maximum absolute atomic E-state index is 12.0. The van der Waals surface area contributed by atoms with Crippen molar-refractivity contribution in [3.05, 3.63) is 58.8 Å². The quantitative estimate of drug-likeness (QED) is 0.670. The summed E-state index contributed by atoms with van der Waals surface area (Å²) in [5, 5.41) is 0.821. The molecular formula is C17H18N2O2. The van der Waals surface area contributed by atoms with Crippen molar-refractivity contribution >= 4 is 11.1 Å². The molecule has 0 atom stereocenters. The molecule has 3 aromatic rings. The van der Waals surface area contributed by atoms with E-state index in [1.807, 2.05) is 12.1 Å². The first-order valence-electron chi connectivity index (χ1n) is 7.34. The molecule has 0 spiro atoms. The van der Waals surface area contributed by atoms with Crippen LogP contribution < -0.4 is 5.69 Å². The summed E-state index contributed by atoms with van der Waals surface area (Å²) in [6.45, 7) is 2.20. The Morgan fingerprint density at radius 1 is 1.14 bits per heavy atom. The fraction of sp³-hybridized carbons (Fsp3) is 0.294. The molecule has 0 N–H and O–H groups in total. The van der Waals surface area contributed by atoms with Crippen LogP contribution in [-0.2, 0) is 6.42 Å². The lowest BCUT2D eigenvalue weighted by atomic mass is 10.1. The Bertz CT molecular complexity index is 784. The molecule has 0 unspecified atom stereocenters. The molecule has 108 valence electrons. The average molecular weight is 282 g/mol. The summed E-state index contributed by atoms with van der Waals surface area (Å²) in [5.74, 6) is 0. The zero-order chi connectivity index (χ0) is 14.7. The van der Waals surface area contributed by atoms with Crippen LogP contribution in [0.2, 0.25) is 0 Å². The molecule has 0 saturated carbocycles. The highest BCUT2D eigenvalue weighted by atomic mass is 16.3. The van der Waals surface area contributed by atoms with Crippen LogP contribution in [0.1, 0.15) is 31.7 Å². The molecule has 0 saturated heterocycles. The number of rotatable bonds is 5. The van der Waals surface area contributed by atoms with Crippen molar-refractivity contribution < 1.29 is 4.42 Å². The van der Waals surface area contributed by atoms with Crippen molar-refractivity contribution in [2.45, 2.75) is 32.6 Å². The monoisotopic (exact) mass is 282 g/mol. The fourth-order valence-corrected chi connectivity index (χ4v) is 2.42. The van der Waals surface area contributed by atoms with Crippen molar-refractivity contribution in [3.8, 4) is 5.69 Å². The van der Waals surface area contributed by atoms with Crippen molar-refractivity contribution in [1.82, 2.24) is 9.55 Å². The highest BCUT2D eigenvalue weighted by Crippen LogP contribution is 2.14. The van der Waals surface area contributed by atoms with Gasteiger partial charge in [0.1, 0.15) is 0 Å². The molecule has 0 bridgehead atoms. The molecule has 0 aliphatic heterocycles. The van der Waals surface area contributed by atoms with E-state index in [-0.39, 0.29) is 5.69 Å². The Kier molecular flexibility index (Phi) is 3.86. The Morgan fingerprint density at radius 2 is 1.95 bits per heavy atom. The van der Waals surface area contributed by atoms with E-state index in [1.54, 1.807) is 16.8 Å². The molecule has 4 heteroatoms. The highest BCUT2D eigenvalue weighted by Gasteiger charge is 2.06. The number of aryl methyl sites for hydroxylation is 1. The predicted octanol–water partition coefficient (Wildman–Crippen LogP) is 3.71. The van der Waals surface area contributed by atoms with E-state index < -0.39 is 0 Å². The van der Waals surface area contributed by atoms with E-state index in [4.69, 9.17) is 4.42 Å². The van der Waals surface area contributed by atoms with E-state index in [0.717, 1.165) is 17.5 Å². The van der Waals surface area contributed by atoms with E-state index in [0.29, 0.717) is 5.71 Å². The van der Waals surface area contributed by atoms with Gasteiger partial charge in [-0.25, -0.2) is 4.79 Å². The van der Waals surface area contributed by atoms with Crippen molar-refractivity contribution in [2.75, 3.05) is 0 Å². The van der Waals surface area contributed by atoms with E-state index in [9.17, 15) is 4.79 Å². The van der Waals surface area contributed by atoms with Crippen molar-refractivity contribution in [2.24, 2.45) is 0 Å². The number of hydrogen-bond donors (Lipinski definition) is 0. The van der Waals surface area contributed by atoms with Gasteiger partial charge in [0.05, 0.1) is 17.3 Å². The van der Waals surface area contributed by atoms with Crippen LogP contribution in [0.5, 0.6) is 0 Å². The molecule has 21 heavy (non-hydrogen) atoms. The highest BCUT2D eigenvalue weighted by molar-refractivity contribution is 5.71. The lowest BCUT2D eigenvalue weighted by Crippen LogP contribution is -2.20. The summed E-state index contributed by atoms with van der Waals surface area (Å²) in [6.07, 6.45) is 8.07. The Labute approximate surface area is 123 Å². The first-order valence-corrected chi connectivity index (χ1v) is 7.34. The number of nitrogens with zero attached hydrogens (tertiary/aromatic N) is 2. The Balaban J connectivity index is 1.88. The number of fused-ring (bicyclic) bond motifs is 1. The maximum atomic E-state index is 12.0. The van der Waals surface area contributed by atoms with Gasteiger partial charge >= 0.3 is 5.69 Å². The van der Waals surface area contributed by atoms with Gasteiger partial charge in [-0.05, 0) is 36.6 Å². The molecule has 2 heterocycles. The van der Waals surface area contributed by atoms with Gasteiger partial charge in [-0.2, -0.15) is 4.98 Å². The summed E-state index contributed by atoms with van der Waals surface area (Å²) < 4.78 is 6.69. The Hall–Kier alpha value is -2.36. The summed E-state index contributed by atoms with van der Waals surface area (Å²) in [4.78, 5) is 16.0. The summed E-state index contributed by atoms with van der Waals surface area (Å²) >= 11 is 0. The average Bonchev–Trinajstić information content (AvgIpc) is 2.94. The normalized spacial score (nSPS) is 11.1. The van der Waals surface area contributed by atoms with Crippen LogP contribution in [0.25, 0.3) is 16.8 Å². The third-order valence-electron chi connectivity index (χ3n) is 3.63. The topological polar surface area (TPSA) is 48.0 Å². The maximum Gasteiger partial charge on any atom is 0.355 e. The van der Waals surface area contributed by atoms with Gasteiger partial charge in [0.15, 0.2) is 0 Å². The van der Waals surface area contributed by atoms with Crippen molar-refractivity contribution in [3.63, 3.8) is 0 Å². The smallest absolute Gasteiger partial charge is 0.355 e. The van der Waals surface area contributed by atoms with Crippen LogP contribution in [0, 0.1) is 0 Å². The summed E-state index contributed by atoms with van der Waals surface area (Å²) in [6, 6.07) is 9.90. The minimum absolute atomic E-state index is 0.323. The summed E-state index contributed by atoms with van der Waals surface area (Å²) in [7, 11) is 0. The van der Waals surface area contributed by atoms with Crippen molar-refractivity contribution in [1.29, 1.82) is 0 Å². The fourth-order valence-electron chi connectivity index (χ4n) is 2.42. The first-order chi connectivity index (χ1) is 10.3. The molecule has 0 radical (unpaired) electrons. The van der Waals surface area contributed by atoms with Gasteiger partial charge in [0, 0.05) is 6.20 Å². The molecule has 2 aromatic heterocycles. The zero-order valence-corrected chi connectivity index (χ0v) is 12.1. The second-order valence-electron chi connectivity index (χ2n) is 5.20. The second kappa shape index (κ2) is 5.95. The lowest BCUT2D eigenvalue weighted by Gasteiger charge is -2.06. The molecule has 3 rings (SSSR count). The third-order valence-corrected chi connectivity index (χ3v) is 3.63. The first kappa shape index (κ1) is 13.6. The van der Waals surface area contributed by atoms with Gasteiger partial charge in [0.25, 0.3) is 0 Å². The van der Waals surface area contributed by atoms with Crippen LogP contribution in [0.3, 0.4) is 0 Å². The molecule has 0 amide bonds. The van der Waals surface area contributed by atoms with Crippen LogP contribution in [-0.4, -0.2) is 9.55 Å². The zero-order valence-electron chi connectivity index (χ0n) is 12.1. The number of furan rings is 1. The lowest BCUT2D eigenvalue weighted by molar-refractivity contribution is 0.599. The van der Waals surface area contributed by atoms with Gasteiger partial charge < -0.3 is 4.42 Å². The molecular weight excluding hydrogens is 264 g/mol. The van der Waals surface area contributed by atoms with Crippen LogP contribution >= 0.6 is 0 Å². The molecule has 4 nitrogen and oxygen atoms in total. The van der Waals surface area contributed by atoms with Gasteiger partial charge in [0.2, 0.25) is 5.71 Å². The minimum Gasteiger partial charge on any atom is -0.446 e. The third kappa shape index (κ3) is 2.89. The van der Waals surface area contributed by atoms with Crippen LogP contribution in [0.4, 0.5) is 0 Å². The largest absolute Gasteiger partial charge is 0.446 e. The number of benzene rings is 1. The van der Waals surface area contributed by atoms with E-state index in [1.165, 1.54) is 31.1 Å². The van der Waals surface area contributed by atoms with Gasteiger partial charge in [-0.15, -0.1) is 0 Å². The molecule has 1 aromatic carbocycles. The SMILES string of the molecule is CCCCCc1ccc(-n2cc3ccoc3nc2=O)cc1. The van der Waals surface area contributed by atoms with Gasteiger partial charge in [-0.3, -0.25) is 4.57 Å². The van der Waals surface area contributed by atoms with E-state index in [2.05, 4.69) is 24.0 Å². The number of hydrogen-bond acceptors (Lipinski definition) is 3. The standard InChI is InChI=1S/C17H18N2O2/c1-2-3-4-5-13-6-8-15(9-7-13)19-12-14-10-11-21-16(14)18-17(19)20/h6-12H,2-5H2,1H3. The van der Waals surface area contributed by atoms with Crippen LogP contribution in [0.15, 0.2) is 52.0 Å². The predicted molar refractivity (Wildman–Crippen MR) is 82.8 cm³/mol. The minimum atomic E-state index is -0.323. The second-order valence-corrected chi connectivity index (χ2v) is 5.20. The molecule has 0 aliphatic carbocycles. The van der Waals surface area contributed by atoms with E-state index >= 15 is 0 Å². The molecule has 0 aliphatic rings. The Morgan fingerprint density at radius 3 is 2.71 bits per heavy atom. The summed E-state index contributed by atoms with van der Waals surface area (Å²) in [5.41, 5.74) is 2.19.